The highest BCUT2D eigenvalue weighted by atomic mass is 35.5. The summed E-state index contributed by atoms with van der Waals surface area (Å²) in [5.41, 5.74) is 1.23. The molecule has 0 aliphatic heterocycles. The summed E-state index contributed by atoms with van der Waals surface area (Å²) in [6.07, 6.45) is 0. The molecule has 0 atom stereocenters. The minimum atomic E-state index is -3.65. The molecule has 2 rings (SSSR count). The van der Waals surface area contributed by atoms with Crippen molar-refractivity contribution in [1.29, 1.82) is 0 Å². The Morgan fingerprint density at radius 2 is 2.05 bits per heavy atom. The average molecular weight is 345 g/mol. The predicted octanol–water partition coefficient (Wildman–Crippen LogP) is 2.61. The SMILES string of the molecule is Cc1cc(OCCNS(=O)(=O)c2c(C)noc2C)ccc1Cl. The fraction of sp³-hybridized carbons (Fsp3) is 0.357. The monoisotopic (exact) mass is 344 g/mol. The van der Waals surface area contributed by atoms with Crippen LogP contribution in [0.5, 0.6) is 5.75 Å². The molecule has 0 aliphatic carbocycles. The maximum atomic E-state index is 12.2. The lowest BCUT2D eigenvalue weighted by atomic mass is 10.2. The Kier molecular flexibility index (Phi) is 5.10. The van der Waals surface area contributed by atoms with Crippen molar-refractivity contribution in [3.63, 3.8) is 0 Å². The first-order valence-corrected chi connectivity index (χ1v) is 8.49. The van der Waals surface area contributed by atoms with Crippen molar-refractivity contribution >= 4 is 21.6 Å². The topological polar surface area (TPSA) is 81.4 Å². The Morgan fingerprint density at radius 1 is 1.32 bits per heavy atom. The highest BCUT2D eigenvalue weighted by Gasteiger charge is 2.23. The van der Waals surface area contributed by atoms with E-state index in [9.17, 15) is 8.42 Å². The fourth-order valence-electron chi connectivity index (χ4n) is 1.98. The zero-order valence-corrected chi connectivity index (χ0v) is 14.1. The lowest BCUT2D eigenvalue weighted by Gasteiger charge is -2.09. The van der Waals surface area contributed by atoms with Gasteiger partial charge in [0.1, 0.15) is 22.9 Å². The summed E-state index contributed by atoms with van der Waals surface area (Å²) in [7, 11) is -3.65. The minimum absolute atomic E-state index is 0.0786. The maximum absolute atomic E-state index is 12.2. The molecular formula is C14H17ClN2O4S. The third kappa shape index (κ3) is 3.79. The molecule has 0 unspecified atom stereocenters. The van der Waals surface area contributed by atoms with Crippen LogP contribution in [0, 0.1) is 20.8 Å². The van der Waals surface area contributed by atoms with Gasteiger partial charge in [0.2, 0.25) is 10.0 Å². The van der Waals surface area contributed by atoms with Gasteiger partial charge in [0, 0.05) is 11.6 Å². The lowest BCUT2D eigenvalue weighted by Crippen LogP contribution is -2.29. The van der Waals surface area contributed by atoms with E-state index >= 15 is 0 Å². The van der Waals surface area contributed by atoms with Crippen LogP contribution in [0.4, 0.5) is 0 Å². The third-order valence-electron chi connectivity index (χ3n) is 3.03. The van der Waals surface area contributed by atoms with Gasteiger partial charge in [-0.3, -0.25) is 0 Å². The van der Waals surface area contributed by atoms with Crippen LogP contribution in [0.3, 0.4) is 0 Å². The number of hydrogen-bond donors (Lipinski definition) is 1. The van der Waals surface area contributed by atoms with E-state index in [2.05, 4.69) is 9.88 Å². The molecule has 120 valence electrons. The number of hydrogen-bond acceptors (Lipinski definition) is 5. The molecule has 0 radical (unpaired) electrons. The van der Waals surface area contributed by atoms with Crippen LogP contribution in [0.2, 0.25) is 5.02 Å². The molecule has 1 aromatic heterocycles. The van der Waals surface area contributed by atoms with Crippen LogP contribution in [-0.2, 0) is 10.0 Å². The number of ether oxygens (including phenoxy) is 1. The van der Waals surface area contributed by atoms with Crippen molar-refractivity contribution in [1.82, 2.24) is 9.88 Å². The normalized spacial score (nSPS) is 11.6. The van der Waals surface area contributed by atoms with Gasteiger partial charge in [-0.1, -0.05) is 16.8 Å². The Balaban J connectivity index is 1.92. The number of aryl methyl sites for hydroxylation is 3. The first-order chi connectivity index (χ1) is 10.3. The predicted molar refractivity (Wildman–Crippen MR) is 82.8 cm³/mol. The molecule has 0 spiro atoms. The minimum Gasteiger partial charge on any atom is -0.492 e. The lowest BCUT2D eigenvalue weighted by molar-refractivity contribution is 0.322. The van der Waals surface area contributed by atoms with E-state index in [1.807, 2.05) is 6.92 Å². The second kappa shape index (κ2) is 6.68. The van der Waals surface area contributed by atoms with Gasteiger partial charge in [-0.15, -0.1) is 0 Å². The second-order valence-corrected chi connectivity index (χ2v) is 6.92. The molecule has 22 heavy (non-hydrogen) atoms. The first-order valence-electron chi connectivity index (χ1n) is 6.63. The van der Waals surface area contributed by atoms with Gasteiger partial charge in [0.15, 0.2) is 5.76 Å². The first kappa shape index (κ1) is 16.8. The van der Waals surface area contributed by atoms with Crippen molar-refractivity contribution < 1.29 is 17.7 Å². The Hall–Kier alpha value is -1.57. The van der Waals surface area contributed by atoms with Crippen LogP contribution >= 0.6 is 11.6 Å². The van der Waals surface area contributed by atoms with Gasteiger partial charge >= 0.3 is 0 Å². The molecule has 0 amide bonds. The van der Waals surface area contributed by atoms with Crippen molar-refractivity contribution in [3.05, 3.63) is 40.2 Å². The number of rotatable bonds is 6. The number of nitrogens with one attached hydrogen (secondary N) is 1. The molecule has 2 aromatic rings. The Morgan fingerprint density at radius 3 is 2.64 bits per heavy atom. The summed E-state index contributed by atoms with van der Waals surface area (Å²) < 4.78 is 37.1. The quantitative estimate of drug-likeness (QED) is 0.814. The highest BCUT2D eigenvalue weighted by Crippen LogP contribution is 2.21. The summed E-state index contributed by atoms with van der Waals surface area (Å²) in [6.45, 7) is 5.34. The van der Waals surface area contributed by atoms with E-state index in [1.165, 1.54) is 0 Å². The standard InChI is InChI=1S/C14H17ClN2O4S/c1-9-8-12(4-5-13(9)15)20-7-6-16-22(18,19)14-10(2)17-21-11(14)3/h4-5,8,16H,6-7H2,1-3H3. The fourth-order valence-corrected chi connectivity index (χ4v) is 3.44. The van der Waals surface area contributed by atoms with Gasteiger partial charge < -0.3 is 9.26 Å². The van der Waals surface area contributed by atoms with Crippen LogP contribution < -0.4 is 9.46 Å². The Bertz CT molecular complexity index is 752. The van der Waals surface area contributed by atoms with Crippen LogP contribution in [0.1, 0.15) is 17.0 Å². The van der Waals surface area contributed by atoms with Crippen molar-refractivity contribution in [2.75, 3.05) is 13.2 Å². The smallest absolute Gasteiger partial charge is 0.246 e. The molecule has 0 saturated carbocycles. The molecule has 1 aromatic carbocycles. The average Bonchev–Trinajstić information content (AvgIpc) is 2.79. The number of sulfonamides is 1. The zero-order valence-electron chi connectivity index (χ0n) is 12.5. The Labute approximate surface area is 134 Å². The van der Waals surface area contributed by atoms with E-state index in [0.29, 0.717) is 16.5 Å². The van der Waals surface area contributed by atoms with E-state index in [0.717, 1.165) is 5.56 Å². The van der Waals surface area contributed by atoms with Crippen molar-refractivity contribution in [2.24, 2.45) is 0 Å². The number of benzene rings is 1. The van der Waals surface area contributed by atoms with Crippen molar-refractivity contribution in [3.8, 4) is 5.75 Å². The van der Waals surface area contributed by atoms with E-state index in [-0.39, 0.29) is 23.8 Å². The molecule has 0 saturated heterocycles. The van der Waals surface area contributed by atoms with E-state index < -0.39 is 10.0 Å². The number of nitrogens with zero attached hydrogens (tertiary/aromatic N) is 1. The molecule has 1 heterocycles. The van der Waals surface area contributed by atoms with Gasteiger partial charge in [0.05, 0.1) is 0 Å². The number of halogens is 1. The van der Waals surface area contributed by atoms with Gasteiger partial charge in [-0.2, -0.15) is 0 Å². The molecule has 6 nitrogen and oxygen atoms in total. The van der Waals surface area contributed by atoms with Crippen LogP contribution in [0.15, 0.2) is 27.6 Å². The van der Waals surface area contributed by atoms with Gasteiger partial charge in [-0.25, -0.2) is 13.1 Å². The highest BCUT2D eigenvalue weighted by molar-refractivity contribution is 7.89. The molecular weight excluding hydrogens is 328 g/mol. The van der Waals surface area contributed by atoms with E-state index in [4.69, 9.17) is 20.9 Å². The molecule has 1 N–H and O–H groups in total. The largest absolute Gasteiger partial charge is 0.492 e. The molecule has 8 heteroatoms. The van der Waals surface area contributed by atoms with Crippen LogP contribution in [0.25, 0.3) is 0 Å². The summed E-state index contributed by atoms with van der Waals surface area (Å²) in [6, 6.07) is 5.27. The van der Waals surface area contributed by atoms with Gasteiger partial charge in [-0.05, 0) is 44.5 Å². The molecule has 0 fully saturated rings. The summed E-state index contributed by atoms with van der Waals surface area (Å²) in [4.78, 5) is 0.0786. The van der Waals surface area contributed by atoms with Crippen LogP contribution in [-0.4, -0.2) is 26.7 Å². The summed E-state index contributed by atoms with van der Waals surface area (Å²) in [5.74, 6) is 0.901. The second-order valence-electron chi connectivity index (χ2n) is 4.81. The third-order valence-corrected chi connectivity index (χ3v) is 5.16. The van der Waals surface area contributed by atoms with Crippen molar-refractivity contribution in [2.45, 2.75) is 25.7 Å². The maximum Gasteiger partial charge on any atom is 0.246 e. The number of aromatic nitrogens is 1. The molecule has 0 bridgehead atoms. The molecule has 0 aliphatic rings. The summed E-state index contributed by atoms with van der Waals surface area (Å²) in [5, 5.41) is 4.30. The van der Waals surface area contributed by atoms with Gasteiger partial charge in [0.25, 0.3) is 0 Å². The summed E-state index contributed by atoms with van der Waals surface area (Å²) >= 11 is 5.93. The van der Waals surface area contributed by atoms with E-state index in [1.54, 1.807) is 32.0 Å². The zero-order chi connectivity index (χ0) is 16.3.